The third-order valence-electron chi connectivity index (χ3n) is 3.95. The van der Waals surface area contributed by atoms with Gasteiger partial charge in [-0.3, -0.25) is 14.6 Å². The summed E-state index contributed by atoms with van der Waals surface area (Å²) in [7, 11) is 3.26. The summed E-state index contributed by atoms with van der Waals surface area (Å²) in [5, 5.41) is 3.03. The number of nitrogens with zero attached hydrogens (tertiary/aromatic N) is 2. The lowest BCUT2D eigenvalue weighted by Gasteiger charge is -2.38. The van der Waals surface area contributed by atoms with Gasteiger partial charge in [-0.2, -0.15) is 0 Å². The molecule has 0 spiro atoms. The van der Waals surface area contributed by atoms with Gasteiger partial charge in [0.15, 0.2) is 0 Å². The van der Waals surface area contributed by atoms with Crippen LogP contribution >= 0.6 is 0 Å². The zero-order chi connectivity index (χ0) is 12.3. The van der Waals surface area contributed by atoms with Crippen LogP contribution in [-0.2, 0) is 9.53 Å². The Hall–Kier alpha value is -0.650. The molecule has 2 atom stereocenters. The molecule has 1 N–H and O–H groups in total. The molecule has 5 nitrogen and oxygen atoms in total. The van der Waals surface area contributed by atoms with Crippen molar-refractivity contribution >= 4 is 5.97 Å². The molecule has 0 aromatic carbocycles. The number of hydrogen-bond acceptors (Lipinski definition) is 5. The number of carbonyl (C=O) groups excluding carboxylic acids is 1. The fraction of sp³-hybridized carbons (Fsp3) is 0.917. The number of likely N-dealkylation sites (N-methyl/N-ethyl adjacent to an activating group) is 1. The summed E-state index contributed by atoms with van der Waals surface area (Å²) in [4.78, 5) is 16.5. The summed E-state index contributed by atoms with van der Waals surface area (Å²) in [6.07, 6.45) is 2.63. The third-order valence-corrected chi connectivity index (χ3v) is 3.95. The van der Waals surface area contributed by atoms with Crippen LogP contribution in [0.15, 0.2) is 0 Å². The lowest BCUT2D eigenvalue weighted by molar-refractivity contribution is -0.143. The Morgan fingerprint density at radius 3 is 3.00 bits per heavy atom. The monoisotopic (exact) mass is 241 g/mol. The van der Waals surface area contributed by atoms with E-state index in [0.717, 1.165) is 26.2 Å². The SMILES string of the molecule is CNC(CN1CCN2CCCC2C1)C(=O)OC. The first-order valence-electron chi connectivity index (χ1n) is 6.46. The van der Waals surface area contributed by atoms with Crippen LogP contribution in [0, 0.1) is 0 Å². The molecule has 2 unspecified atom stereocenters. The number of rotatable bonds is 4. The first kappa shape index (κ1) is 12.8. The number of piperazine rings is 1. The minimum absolute atomic E-state index is 0.165. The Morgan fingerprint density at radius 2 is 2.29 bits per heavy atom. The van der Waals surface area contributed by atoms with Gasteiger partial charge < -0.3 is 10.1 Å². The number of hydrogen-bond donors (Lipinski definition) is 1. The van der Waals surface area contributed by atoms with Crippen LogP contribution < -0.4 is 5.32 Å². The van der Waals surface area contributed by atoms with Crippen molar-refractivity contribution < 1.29 is 9.53 Å². The van der Waals surface area contributed by atoms with Gasteiger partial charge in [-0.15, -0.1) is 0 Å². The molecule has 2 aliphatic heterocycles. The van der Waals surface area contributed by atoms with E-state index >= 15 is 0 Å². The highest BCUT2D eigenvalue weighted by Crippen LogP contribution is 2.21. The fourth-order valence-corrected chi connectivity index (χ4v) is 2.91. The van der Waals surface area contributed by atoms with E-state index in [1.807, 2.05) is 7.05 Å². The van der Waals surface area contributed by atoms with Crippen LogP contribution in [0.1, 0.15) is 12.8 Å². The molecule has 5 heteroatoms. The number of ether oxygens (including phenoxy) is 1. The van der Waals surface area contributed by atoms with Gasteiger partial charge in [0.2, 0.25) is 0 Å². The Morgan fingerprint density at radius 1 is 1.47 bits per heavy atom. The Bertz CT molecular complexity index is 272. The van der Waals surface area contributed by atoms with E-state index in [4.69, 9.17) is 4.74 Å². The van der Waals surface area contributed by atoms with Crippen molar-refractivity contribution in [3.63, 3.8) is 0 Å². The number of esters is 1. The van der Waals surface area contributed by atoms with E-state index < -0.39 is 0 Å². The second kappa shape index (κ2) is 5.80. The minimum atomic E-state index is -0.201. The summed E-state index contributed by atoms with van der Waals surface area (Å²) in [6.45, 7) is 5.31. The Labute approximate surface area is 103 Å². The first-order valence-corrected chi connectivity index (χ1v) is 6.46. The smallest absolute Gasteiger partial charge is 0.324 e. The van der Waals surface area contributed by atoms with Crippen molar-refractivity contribution in [2.24, 2.45) is 0 Å². The zero-order valence-electron chi connectivity index (χ0n) is 10.8. The Balaban J connectivity index is 1.84. The van der Waals surface area contributed by atoms with E-state index in [0.29, 0.717) is 6.04 Å². The molecule has 98 valence electrons. The highest BCUT2D eigenvalue weighted by atomic mass is 16.5. The summed E-state index contributed by atoms with van der Waals surface area (Å²) in [6, 6.07) is 0.506. The highest BCUT2D eigenvalue weighted by molar-refractivity contribution is 5.75. The lowest BCUT2D eigenvalue weighted by atomic mass is 10.1. The molecule has 2 fully saturated rings. The molecule has 0 amide bonds. The second-order valence-electron chi connectivity index (χ2n) is 4.96. The van der Waals surface area contributed by atoms with Crippen LogP contribution in [0.25, 0.3) is 0 Å². The predicted octanol–water partition coefficient (Wildman–Crippen LogP) is -0.473. The van der Waals surface area contributed by atoms with Gasteiger partial charge in [0.05, 0.1) is 7.11 Å². The molecule has 2 aliphatic rings. The lowest BCUT2D eigenvalue weighted by Crippen LogP contribution is -2.54. The van der Waals surface area contributed by atoms with Crippen molar-refractivity contribution in [3.05, 3.63) is 0 Å². The molecule has 0 bridgehead atoms. The van der Waals surface area contributed by atoms with Crippen molar-refractivity contribution in [1.82, 2.24) is 15.1 Å². The van der Waals surface area contributed by atoms with Gasteiger partial charge in [-0.25, -0.2) is 0 Å². The number of nitrogens with one attached hydrogen (secondary N) is 1. The van der Waals surface area contributed by atoms with Crippen LogP contribution in [0.3, 0.4) is 0 Å². The maximum absolute atomic E-state index is 11.5. The first-order chi connectivity index (χ1) is 8.24. The van der Waals surface area contributed by atoms with Crippen LogP contribution in [0.5, 0.6) is 0 Å². The van der Waals surface area contributed by atoms with Gasteiger partial charge in [0.25, 0.3) is 0 Å². The molecule has 0 aromatic heterocycles. The van der Waals surface area contributed by atoms with Crippen molar-refractivity contribution in [1.29, 1.82) is 0 Å². The average molecular weight is 241 g/mol. The summed E-state index contributed by atoms with van der Waals surface area (Å²) >= 11 is 0. The second-order valence-corrected chi connectivity index (χ2v) is 4.96. The standard InChI is InChI=1S/C12H23N3O2/c1-13-11(12(16)17-2)9-14-6-7-15-5-3-4-10(15)8-14/h10-11,13H,3-9H2,1-2H3. The predicted molar refractivity (Wildman–Crippen MR) is 65.9 cm³/mol. The minimum Gasteiger partial charge on any atom is -0.468 e. The molecule has 2 rings (SSSR count). The van der Waals surface area contributed by atoms with Crippen molar-refractivity contribution in [3.8, 4) is 0 Å². The van der Waals surface area contributed by atoms with Gasteiger partial charge >= 0.3 is 5.97 Å². The maximum atomic E-state index is 11.5. The average Bonchev–Trinajstić information content (AvgIpc) is 2.82. The Kier molecular flexibility index (Phi) is 4.36. The molecule has 0 saturated carbocycles. The summed E-state index contributed by atoms with van der Waals surface area (Å²) in [5.74, 6) is -0.165. The molecule has 17 heavy (non-hydrogen) atoms. The van der Waals surface area contributed by atoms with Crippen LogP contribution in [0.4, 0.5) is 0 Å². The number of carbonyl (C=O) groups is 1. The largest absolute Gasteiger partial charge is 0.468 e. The fourth-order valence-electron chi connectivity index (χ4n) is 2.91. The maximum Gasteiger partial charge on any atom is 0.324 e. The molecule has 0 aliphatic carbocycles. The van der Waals surface area contributed by atoms with E-state index in [-0.39, 0.29) is 12.0 Å². The summed E-state index contributed by atoms with van der Waals surface area (Å²) < 4.78 is 4.79. The van der Waals surface area contributed by atoms with Crippen molar-refractivity contribution in [2.45, 2.75) is 24.9 Å². The van der Waals surface area contributed by atoms with E-state index in [1.54, 1.807) is 0 Å². The van der Waals surface area contributed by atoms with E-state index in [9.17, 15) is 4.79 Å². The van der Waals surface area contributed by atoms with Gasteiger partial charge in [0.1, 0.15) is 6.04 Å². The molecule has 0 radical (unpaired) electrons. The number of methoxy groups -OCH3 is 1. The van der Waals surface area contributed by atoms with Gasteiger partial charge in [-0.1, -0.05) is 0 Å². The molecule has 2 saturated heterocycles. The summed E-state index contributed by atoms with van der Waals surface area (Å²) in [5.41, 5.74) is 0. The van der Waals surface area contributed by atoms with Crippen molar-refractivity contribution in [2.75, 3.05) is 46.9 Å². The topological polar surface area (TPSA) is 44.8 Å². The highest BCUT2D eigenvalue weighted by Gasteiger charge is 2.32. The molecule has 2 heterocycles. The number of fused-ring (bicyclic) bond motifs is 1. The third kappa shape index (κ3) is 2.97. The molecular formula is C12H23N3O2. The normalized spacial score (nSPS) is 27.8. The molecular weight excluding hydrogens is 218 g/mol. The van der Waals surface area contributed by atoms with Crippen LogP contribution in [-0.4, -0.2) is 74.7 Å². The van der Waals surface area contributed by atoms with E-state index in [2.05, 4.69) is 15.1 Å². The van der Waals surface area contributed by atoms with Gasteiger partial charge in [0, 0.05) is 32.2 Å². The van der Waals surface area contributed by atoms with Crippen LogP contribution in [0.2, 0.25) is 0 Å². The molecule has 0 aromatic rings. The van der Waals surface area contributed by atoms with E-state index in [1.165, 1.54) is 26.5 Å². The zero-order valence-corrected chi connectivity index (χ0v) is 10.8. The van der Waals surface area contributed by atoms with Gasteiger partial charge in [-0.05, 0) is 26.4 Å². The quantitative estimate of drug-likeness (QED) is 0.674.